The average Bonchev–Trinajstić information content (AvgIpc) is 2.79. The van der Waals surface area contributed by atoms with Crippen molar-refractivity contribution in [2.45, 2.75) is 40.3 Å². The first-order valence-corrected chi connectivity index (χ1v) is 10.8. The van der Waals surface area contributed by atoms with Gasteiger partial charge >= 0.3 is 5.69 Å². The number of carbonyl (C=O) groups is 1. The van der Waals surface area contributed by atoms with E-state index in [1.165, 1.54) is 10.8 Å². The molecule has 2 aromatic heterocycles. The lowest BCUT2D eigenvalue weighted by atomic mass is 10.1. The molecule has 0 saturated carbocycles. The fraction of sp³-hybridized carbons (Fsp3) is 0.231. The number of hydrogen-bond donors (Lipinski definition) is 1. The van der Waals surface area contributed by atoms with Crippen LogP contribution in [0.15, 0.2) is 70.4 Å². The van der Waals surface area contributed by atoms with Crippen molar-refractivity contribution in [3.63, 3.8) is 0 Å². The molecule has 1 amide bonds. The molecule has 0 atom stereocenters. The number of rotatable bonds is 6. The van der Waals surface area contributed by atoms with Gasteiger partial charge in [-0.3, -0.25) is 18.7 Å². The van der Waals surface area contributed by atoms with Crippen LogP contribution >= 0.6 is 0 Å². The second-order valence-corrected chi connectivity index (χ2v) is 8.25. The first-order chi connectivity index (χ1) is 15.8. The van der Waals surface area contributed by atoms with Crippen LogP contribution in [0.3, 0.4) is 0 Å². The maximum atomic E-state index is 13.3. The van der Waals surface area contributed by atoms with Crippen molar-refractivity contribution in [1.29, 1.82) is 0 Å². The predicted molar refractivity (Wildman–Crippen MR) is 130 cm³/mol. The number of carbonyl (C=O) groups excluding carboxylic acids is 1. The SMILES string of the molecule is Cc1cc(C)c(NC(=O)Cn2c(=O)n(CCc3ccccc3)c(=O)c3ncccc32)c(C)c1. The van der Waals surface area contributed by atoms with Crippen molar-refractivity contribution in [3.8, 4) is 0 Å². The van der Waals surface area contributed by atoms with E-state index >= 15 is 0 Å². The summed E-state index contributed by atoms with van der Waals surface area (Å²) in [6.45, 7) is 5.85. The minimum absolute atomic E-state index is 0.167. The summed E-state index contributed by atoms with van der Waals surface area (Å²) in [6.07, 6.45) is 2.03. The molecule has 4 rings (SSSR count). The monoisotopic (exact) mass is 442 g/mol. The second kappa shape index (κ2) is 9.24. The van der Waals surface area contributed by atoms with Gasteiger partial charge in [0.05, 0.1) is 5.52 Å². The zero-order chi connectivity index (χ0) is 23.5. The van der Waals surface area contributed by atoms with Crippen LogP contribution in [0, 0.1) is 20.8 Å². The number of amides is 1. The van der Waals surface area contributed by atoms with Crippen LogP contribution in [0.1, 0.15) is 22.3 Å². The highest BCUT2D eigenvalue weighted by atomic mass is 16.2. The summed E-state index contributed by atoms with van der Waals surface area (Å²) in [5.74, 6) is -0.342. The van der Waals surface area contributed by atoms with Crippen LogP contribution in [-0.4, -0.2) is 20.0 Å². The highest BCUT2D eigenvalue weighted by Gasteiger charge is 2.17. The first kappa shape index (κ1) is 22.2. The Morgan fingerprint density at radius 1 is 0.939 bits per heavy atom. The lowest BCUT2D eigenvalue weighted by molar-refractivity contribution is -0.116. The van der Waals surface area contributed by atoms with Crippen LogP contribution in [0.5, 0.6) is 0 Å². The number of aryl methyl sites for hydroxylation is 4. The lowest BCUT2D eigenvalue weighted by Crippen LogP contribution is -2.42. The van der Waals surface area contributed by atoms with Crippen molar-refractivity contribution in [2.24, 2.45) is 0 Å². The fourth-order valence-corrected chi connectivity index (χ4v) is 4.18. The van der Waals surface area contributed by atoms with Crippen LogP contribution in [0.25, 0.3) is 11.0 Å². The summed E-state index contributed by atoms with van der Waals surface area (Å²) >= 11 is 0. The molecule has 0 aliphatic heterocycles. The molecule has 0 saturated heterocycles. The molecule has 168 valence electrons. The van der Waals surface area contributed by atoms with Gasteiger partial charge in [0, 0.05) is 18.4 Å². The molecule has 0 spiro atoms. The van der Waals surface area contributed by atoms with E-state index in [9.17, 15) is 14.4 Å². The van der Waals surface area contributed by atoms with Gasteiger partial charge < -0.3 is 5.32 Å². The maximum absolute atomic E-state index is 13.3. The minimum atomic E-state index is -0.524. The standard InChI is InChI=1S/C26H26N4O3/c1-17-14-18(2)23(19(3)15-17)28-22(31)16-30-21-10-7-12-27-24(21)25(32)29(26(30)33)13-11-20-8-5-4-6-9-20/h4-10,12,14-15H,11,13,16H2,1-3H3,(H,28,31). The molecule has 7 nitrogen and oxygen atoms in total. The Hall–Kier alpha value is -4.00. The number of nitrogens with zero attached hydrogens (tertiary/aromatic N) is 3. The van der Waals surface area contributed by atoms with Crippen molar-refractivity contribution >= 4 is 22.6 Å². The van der Waals surface area contributed by atoms with E-state index in [1.54, 1.807) is 12.1 Å². The van der Waals surface area contributed by atoms with Crippen LogP contribution in [0.2, 0.25) is 0 Å². The summed E-state index contributed by atoms with van der Waals surface area (Å²) in [5.41, 5.74) is 4.30. The highest BCUT2D eigenvalue weighted by Crippen LogP contribution is 2.22. The number of nitrogens with one attached hydrogen (secondary N) is 1. The maximum Gasteiger partial charge on any atom is 0.332 e. The Kier molecular flexibility index (Phi) is 6.22. The molecule has 0 aliphatic carbocycles. The molecule has 0 fully saturated rings. The quantitative estimate of drug-likeness (QED) is 0.496. The third kappa shape index (κ3) is 4.62. The lowest BCUT2D eigenvalue weighted by Gasteiger charge is -2.16. The molecular formula is C26H26N4O3. The summed E-state index contributed by atoms with van der Waals surface area (Å²) in [5, 5.41) is 2.93. The van der Waals surface area contributed by atoms with E-state index in [0.717, 1.165) is 32.5 Å². The molecule has 0 bridgehead atoms. The molecular weight excluding hydrogens is 416 g/mol. The Bertz CT molecular complexity index is 1430. The second-order valence-electron chi connectivity index (χ2n) is 8.25. The van der Waals surface area contributed by atoms with Crippen LogP contribution in [0.4, 0.5) is 5.69 Å². The van der Waals surface area contributed by atoms with E-state index in [1.807, 2.05) is 63.2 Å². The van der Waals surface area contributed by atoms with Crippen LogP contribution in [-0.2, 0) is 24.3 Å². The van der Waals surface area contributed by atoms with Gasteiger partial charge in [-0.25, -0.2) is 9.78 Å². The Balaban J connectivity index is 1.70. The average molecular weight is 443 g/mol. The number of aromatic nitrogens is 3. The molecule has 2 aromatic carbocycles. The largest absolute Gasteiger partial charge is 0.332 e. The Morgan fingerprint density at radius 3 is 2.33 bits per heavy atom. The number of anilines is 1. The fourth-order valence-electron chi connectivity index (χ4n) is 4.18. The minimum Gasteiger partial charge on any atom is -0.324 e. The van der Waals surface area contributed by atoms with E-state index in [2.05, 4.69) is 10.3 Å². The third-order valence-corrected chi connectivity index (χ3v) is 5.70. The third-order valence-electron chi connectivity index (χ3n) is 5.70. The number of benzene rings is 2. The van der Waals surface area contributed by atoms with Crippen molar-refractivity contribution in [2.75, 3.05) is 5.32 Å². The van der Waals surface area contributed by atoms with Gasteiger partial charge in [-0.2, -0.15) is 0 Å². The molecule has 1 N–H and O–H groups in total. The molecule has 4 aromatic rings. The van der Waals surface area contributed by atoms with Gasteiger partial charge in [0.15, 0.2) is 5.52 Å². The molecule has 0 aliphatic rings. The van der Waals surface area contributed by atoms with E-state index in [4.69, 9.17) is 0 Å². The van der Waals surface area contributed by atoms with Gasteiger partial charge in [-0.15, -0.1) is 0 Å². The molecule has 0 radical (unpaired) electrons. The zero-order valence-electron chi connectivity index (χ0n) is 19.0. The van der Waals surface area contributed by atoms with Crippen molar-refractivity contribution < 1.29 is 4.79 Å². The Labute approximate surface area is 191 Å². The zero-order valence-corrected chi connectivity index (χ0v) is 19.0. The smallest absolute Gasteiger partial charge is 0.324 e. The Morgan fingerprint density at radius 2 is 1.64 bits per heavy atom. The number of fused-ring (bicyclic) bond motifs is 1. The summed E-state index contributed by atoms with van der Waals surface area (Å²) in [4.78, 5) is 43.5. The van der Waals surface area contributed by atoms with E-state index in [-0.39, 0.29) is 24.5 Å². The summed E-state index contributed by atoms with van der Waals surface area (Å²) in [7, 11) is 0. The van der Waals surface area contributed by atoms with E-state index < -0.39 is 11.2 Å². The summed E-state index contributed by atoms with van der Waals surface area (Å²) in [6, 6.07) is 16.9. The molecule has 33 heavy (non-hydrogen) atoms. The van der Waals surface area contributed by atoms with Gasteiger partial charge in [0.25, 0.3) is 5.56 Å². The van der Waals surface area contributed by atoms with Gasteiger partial charge in [0.1, 0.15) is 6.54 Å². The summed E-state index contributed by atoms with van der Waals surface area (Å²) < 4.78 is 2.49. The molecule has 0 unspecified atom stereocenters. The van der Waals surface area contributed by atoms with Crippen molar-refractivity contribution in [3.05, 3.63) is 104 Å². The van der Waals surface area contributed by atoms with Gasteiger partial charge in [-0.1, -0.05) is 48.0 Å². The number of hydrogen-bond acceptors (Lipinski definition) is 4. The normalized spacial score (nSPS) is 11.0. The van der Waals surface area contributed by atoms with Gasteiger partial charge in [-0.05, 0) is 56.0 Å². The molecule has 2 heterocycles. The van der Waals surface area contributed by atoms with Crippen molar-refractivity contribution in [1.82, 2.24) is 14.1 Å². The molecule has 7 heteroatoms. The topological polar surface area (TPSA) is 86.0 Å². The first-order valence-electron chi connectivity index (χ1n) is 10.8. The highest BCUT2D eigenvalue weighted by molar-refractivity contribution is 5.93. The van der Waals surface area contributed by atoms with Crippen LogP contribution < -0.4 is 16.6 Å². The number of pyridine rings is 1. The van der Waals surface area contributed by atoms with E-state index in [0.29, 0.717) is 11.9 Å². The van der Waals surface area contributed by atoms with Gasteiger partial charge in [0.2, 0.25) is 5.91 Å². The predicted octanol–water partition coefficient (Wildman–Crippen LogP) is 3.36.